The summed E-state index contributed by atoms with van der Waals surface area (Å²) in [5.41, 5.74) is 2.33. The maximum atomic E-state index is 14.2. The Morgan fingerprint density at radius 2 is 1.45 bits per heavy atom. The van der Waals surface area contributed by atoms with Crippen LogP contribution in [-0.2, 0) is 0 Å². The molecule has 0 bridgehead atoms. The molecule has 0 spiro atoms. The summed E-state index contributed by atoms with van der Waals surface area (Å²) in [5, 5.41) is 30.4. The van der Waals surface area contributed by atoms with Gasteiger partial charge in [-0.25, -0.2) is 9.13 Å². The Labute approximate surface area is 226 Å². The number of pyridine rings is 2. The molecule has 4 aromatic rings. The molecule has 12 nitrogen and oxygen atoms in total. The molecule has 0 unspecified atom stereocenters. The Bertz CT molecular complexity index is 2140. The van der Waals surface area contributed by atoms with Gasteiger partial charge in [0.25, 0.3) is 16.7 Å². The van der Waals surface area contributed by atoms with Crippen LogP contribution in [-0.4, -0.2) is 47.7 Å². The lowest BCUT2D eigenvalue weighted by atomic mass is 9.89. The SMILES string of the molecule is CCN=c1cc2c(=O)n(-c3c(C)n[nH]c3C)c(=O)c3c(NCC)cc4c(O)n(-c5c(C)n[nH]c5C)c(=O)c1c4c3-2. The highest BCUT2D eigenvalue weighted by molar-refractivity contribution is 6.19. The second-order valence-corrected chi connectivity index (χ2v) is 9.89. The fourth-order valence-corrected chi connectivity index (χ4v) is 5.84. The summed E-state index contributed by atoms with van der Waals surface area (Å²) < 4.78 is 2.35. The molecule has 1 aliphatic heterocycles. The van der Waals surface area contributed by atoms with Crippen molar-refractivity contribution in [3.63, 3.8) is 0 Å². The maximum absolute atomic E-state index is 14.2. The number of rotatable bonds is 5. The average Bonchev–Trinajstić information content (AvgIpc) is 3.42. The van der Waals surface area contributed by atoms with E-state index in [-0.39, 0.29) is 22.2 Å². The molecule has 2 aliphatic rings. The Hall–Kier alpha value is -5.00. The number of hydrogen-bond donors (Lipinski definition) is 4. The molecular weight excluding hydrogens is 512 g/mol. The van der Waals surface area contributed by atoms with Crippen LogP contribution in [0.2, 0.25) is 0 Å². The number of anilines is 1. The van der Waals surface area contributed by atoms with Crippen molar-refractivity contribution in [1.29, 1.82) is 0 Å². The van der Waals surface area contributed by atoms with Gasteiger partial charge in [-0.2, -0.15) is 10.2 Å². The maximum Gasteiger partial charge on any atom is 0.268 e. The van der Waals surface area contributed by atoms with Gasteiger partial charge < -0.3 is 10.4 Å². The lowest BCUT2D eigenvalue weighted by Gasteiger charge is -2.22. The number of hydrogen-bond acceptors (Lipinski definition) is 8. The zero-order valence-corrected chi connectivity index (χ0v) is 23.0. The monoisotopic (exact) mass is 540 g/mol. The van der Waals surface area contributed by atoms with E-state index in [0.717, 1.165) is 4.57 Å². The van der Waals surface area contributed by atoms with Crippen LogP contribution < -0.4 is 27.4 Å². The van der Waals surface area contributed by atoms with Gasteiger partial charge in [-0.05, 0) is 53.7 Å². The molecule has 0 fully saturated rings. The van der Waals surface area contributed by atoms with Gasteiger partial charge in [-0.15, -0.1) is 0 Å². The predicted octanol–water partition coefficient (Wildman–Crippen LogP) is 2.37. The lowest BCUT2D eigenvalue weighted by molar-refractivity contribution is 0.443. The fraction of sp³-hybridized carbons (Fsp3) is 0.286. The van der Waals surface area contributed by atoms with E-state index < -0.39 is 16.7 Å². The van der Waals surface area contributed by atoms with Crippen LogP contribution in [0.5, 0.6) is 5.88 Å². The van der Waals surface area contributed by atoms with Gasteiger partial charge in [0.05, 0.1) is 55.8 Å². The first-order valence-electron chi connectivity index (χ1n) is 13.0. The summed E-state index contributed by atoms with van der Waals surface area (Å²) in [7, 11) is 0. The minimum Gasteiger partial charge on any atom is -0.494 e. The average molecular weight is 541 g/mol. The summed E-state index contributed by atoms with van der Waals surface area (Å²) in [6, 6.07) is 3.23. The van der Waals surface area contributed by atoms with E-state index in [1.165, 1.54) is 4.57 Å². The van der Waals surface area contributed by atoms with Gasteiger partial charge in [0.2, 0.25) is 5.88 Å². The third kappa shape index (κ3) is 3.19. The number of nitrogens with one attached hydrogen (secondary N) is 3. The van der Waals surface area contributed by atoms with Gasteiger partial charge >= 0.3 is 0 Å². The largest absolute Gasteiger partial charge is 0.494 e. The number of aromatic hydroxyl groups is 1. The first-order valence-corrected chi connectivity index (χ1v) is 13.0. The minimum atomic E-state index is -0.556. The molecule has 1 aliphatic carbocycles. The summed E-state index contributed by atoms with van der Waals surface area (Å²) in [4.78, 5) is 47.1. The molecule has 3 aromatic heterocycles. The number of benzene rings is 2. The number of H-pyrrole nitrogens is 2. The summed E-state index contributed by atoms with van der Waals surface area (Å²) in [6.07, 6.45) is 0. The molecule has 0 atom stereocenters. The topological polar surface area (TPSA) is 163 Å². The molecule has 4 N–H and O–H groups in total. The number of aryl methyl sites for hydroxylation is 4. The van der Waals surface area contributed by atoms with Gasteiger partial charge in [0.1, 0.15) is 0 Å². The molecule has 0 amide bonds. The summed E-state index contributed by atoms with van der Waals surface area (Å²) in [5.74, 6) is -0.320. The summed E-state index contributed by atoms with van der Waals surface area (Å²) in [6.45, 7) is 11.5. The van der Waals surface area contributed by atoms with E-state index in [1.807, 2.05) is 13.8 Å². The third-order valence-electron chi connectivity index (χ3n) is 7.43. The first-order chi connectivity index (χ1) is 19.1. The molecule has 1 aromatic carbocycles. The van der Waals surface area contributed by atoms with Crippen LogP contribution in [0, 0.1) is 27.7 Å². The highest BCUT2D eigenvalue weighted by Crippen LogP contribution is 2.41. The van der Waals surface area contributed by atoms with E-state index in [4.69, 9.17) is 0 Å². The fourth-order valence-electron chi connectivity index (χ4n) is 5.84. The van der Waals surface area contributed by atoms with Crippen LogP contribution in [0.3, 0.4) is 0 Å². The van der Waals surface area contributed by atoms with Gasteiger partial charge in [-0.3, -0.25) is 29.6 Å². The molecule has 204 valence electrons. The Morgan fingerprint density at radius 3 is 2.00 bits per heavy atom. The first kappa shape index (κ1) is 25.3. The minimum absolute atomic E-state index is 0.211. The highest BCUT2D eigenvalue weighted by Gasteiger charge is 2.31. The quantitative estimate of drug-likeness (QED) is 0.244. The van der Waals surface area contributed by atoms with Gasteiger partial charge in [-0.1, -0.05) is 0 Å². The van der Waals surface area contributed by atoms with Crippen molar-refractivity contribution in [1.82, 2.24) is 29.5 Å². The van der Waals surface area contributed by atoms with Crippen molar-refractivity contribution < 1.29 is 5.11 Å². The molecule has 6 rings (SSSR count). The van der Waals surface area contributed by atoms with Crippen molar-refractivity contribution in [2.75, 3.05) is 18.4 Å². The smallest absolute Gasteiger partial charge is 0.268 e. The van der Waals surface area contributed by atoms with Crippen molar-refractivity contribution in [3.8, 4) is 28.4 Å². The normalized spacial score (nSPS) is 12.5. The molecule has 4 heterocycles. The Morgan fingerprint density at radius 1 is 0.850 bits per heavy atom. The van der Waals surface area contributed by atoms with Crippen molar-refractivity contribution in [3.05, 3.63) is 71.3 Å². The Kier molecular flexibility index (Phi) is 5.54. The standard InChI is InChI=1S/C28H28N8O4/c1-7-29-17-9-15-20-19-16(26(38)35(27(39)21(17)19)23-11(3)31-32-12(23)4)10-18(30-8-2)22(20)28(40)36(25(15)37)24-13(5)33-34-14(24)6/h9-10,29,37H,7-8H2,1-6H3,(H,31,32)(H,33,34). The van der Waals surface area contributed by atoms with Crippen molar-refractivity contribution >= 4 is 27.2 Å². The zero-order valence-electron chi connectivity index (χ0n) is 23.0. The number of nitrogens with zero attached hydrogens (tertiary/aromatic N) is 5. The van der Waals surface area contributed by atoms with Crippen LogP contribution in [0.15, 0.2) is 31.5 Å². The van der Waals surface area contributed by atoms with Crippen LogP contribution in [0.4, 0.5) is 5.69 Å². The zero-order chi connectivity index (χ0) is 28.6. The van der Waals surface area contributed by atoms with Crippen LogP contribution in [0.25, 0.3) is 44.0 Å². The summed E-state index contributed by atoms with van der Waals surface area (Å²) >= 11 is 0. The third-order valence-corrected chi connectivity index (χ3v) is 7.43. The van der Waals surface area contributed by atoms with Crippen molar-refractivity contribution in [2.24, 2.45) is 4.99 Å². The molecule has 12 heteroatoms. The van der Waals surface area contributed by atoms with Crippen LogP contribution in [0.1, 0.15) is 36.6 Å². The van der Waals surface area contributed by atoms with E-state index in [0.29, 0.717) is 74.6 Å². The van der Waals surface area contributed by atoms with Gasteiger partial charge in [0, 0.05) is 35.1 Å². The van der Waals surface area contributed by atoms with E-state index in [1.54, 1.807) is 39.8 Å². The molecule has 0 saturated heterocycles. The number of aromatic nitrogens is 6. The second kappa shape index (κ2) is 8.76. The predicted molar refractivity (Wildman–Crippen MR) is 153 cm³/mol. The molecule has 0 saturated carbocycles. The second-order valence-electron chi connectivity index (χ2n) is 9.89. The molecule has 40 heavy (non-hydrogen) atoms. The molecular formula is C28H28N8O4. The van der Waals surface area contributed by atoms with Gasteiger partial charge in [0.15, 0.2) is 0 Å². The van der Waals surface area contributed by atoms with E-state index in [2.05, 4.69) is 30.7 Å². The lowest BCUT2D eigenvalue weighted by Crippen LogP contribution is -2.36. The van der Waals surface area contributed by atoms with E-state index in [9.17, 15) is 19.5 Å². The highest BCUT2D eigenvalue weighted by atomic mass is 16.3. The van der Waals surface area contributed by atoms with E-state index >= 15 is 0 Å². The molecule has 0 radical (unpaired) electrons. The Balaban J connectivity index is 1.96. The van der Waals surface area contributed by atoms with Crippen molar-refractivity contribution in [2.45, 2.75) is 41.5 Å². The van der Waals surface area contributed by atoms with Crippen LogP contribution >= 0.6 is 0 Å². The number of aromatic amines is 2.